The molecule has 2 radical (unpaired) electrons. The van der Waals surface area contributed by atoms with Crippen molar-refractivity contribution in [1.82, 2.24) is 35.6 Å². The van der Waals surface area contributed by atoms with Gasteiger partial charge in [-0.15, -0.1) is 23.5 Å². The van der Waals surface area contributed by atoms with Gasteiger partial charge in [0.1, 0.15) is 18.1 Å². The van der Waals surface area contributed by atoms with Crippen LogP contribution in [0.5, 0.6) is 0 Å². The topological polar surface area (TPSA) is 158 Å². The van der Waals surface area contributed by atoms with Crippen LogP contribution in [0.2, 0.25) is 0 Å². The number of nitrogens with one attached hydrogen (secondary N) is 3. The molecule has 0 aromatic rings. The SMILES string of the molecule is [CH2-]NCC1CS[C@]23SCC(C(=O)O)N2CN3C1=O.[CH2-]NCC1N[C@@]23SCC(C(=O)O)N2CN3C1=O.[V].[V]. The molecule has 2 spiro atoms. The van der Waals surface area contributed by atoms with Gasteiger partial charge in [0.15, 0.2) is 4.33 Å². The molecule has 6 heterocycles. The van der Waals surface area contributed by atoms with E-state index in [4.69, 9.17) is 10.2 Å². The van der Waals surface area contributed by atoms with E-state index >= 15 is 0 Å². The first-order chi connectivity index (χ1) is 16.7. The van der Waals surface area contributed by atoms with Crippen LogP contribution in [-0.2, 0) is 56.3 Å². The smallest absolute Gasteiger partial charge is 0.321 e. The number of carbonyl (C=O) groups excluding carboxylic acids is 2. The molecule has 6 saturated heterocycles. The van der Waals surface area contributed by atoms with Crippen molar-refractivity contribution in [3.05, 3.63) is 14.1 Å². The zero-order valence-electron chi connectivity index (χ0n) is 19.6. The van der Waals surface area contributed by atoms with Crippen molar-refractivity contribution in [2.75, 3.05) is 43.7 Å². The Labute approximate surface area is 251 Å². The number of carboxylic acid groups (broad SMARTS) is 2. The van der Waals surface area contributed by atoms with Gasteiger partial charge in [-0.3, -0.25) is 48.4 Å². The van der Waals surface area contributed by atoms with E-state index in [9.17, 15) is 19.2 Å². The molecule has 0 aliphatic carbocycles. The van der Waals surface area contributed by atoms with E-state index in [1.165, 1.54) is 11.8 Å². The van der Waals surface area contributed by atoms with Gasteiger partial charge in [-0.25, -0.2) is 9.80 Å². The molecule has 6 rings (SSSR count). The van der Waals surface area contributed by atoms with Gasteiger partial charge in [0.2, 0.25) is 16.9 Å². The van der Waals surface area contributed by atoms with E-state index in [1.807, 2.05) is 9.80 Å². The van der Waals surface area contributed by atoms with Crippen molar-refractivity contribution in [3.8, 4) is 0 Å². The third-order valence-corrected chi connectivity index (χ3v) is 11.9. The van der Waals surface area contributed by atoms with Gasteiger partial charge in [-0.05, 0) is 13.1 Å². The van der Waals surface area contributed by atoms with Gasteiger partial charge in [-0.2, -0.15) is 0 Å². The van der Waals surface area contributed by atoms with E-state index in [-0.39, 0.29) is 60.9 Å². The Morgan fingerprint density at radius 3 is 2.08 bits per heavy atom. The molecule has 37 heavy (non-hydrogen) atoms. The minimum atomic E-state index is -0.831. The Kier molecular flexibility index (Phi) is 10.0. The summed E-state index contributed by atoms with van der Waals surface area (Å²) in [6.07, 6.45) is 0. The predicted molar refractivity (Wildman–Crippen MR) is 130 cm³/mol. The summed E-state index contributed by atoms with van der Waals surface area (Å²) in [5.74, 6) is 0.199. The van der Waals surface area contributed by atoms with Crippen LogP contribution < -0.4 is 16.0 Å². The van der Waals surface area contributed by atoms with Crippen LogP contribution in [0, 0.1) is 20.0 Å². The summed E-state index contributed by atoms with van der Waals surface area (Å²) >= 11 is 4.70. The van der Waals surface area contributed by atoms with Crippen LogP contribution in [-0.4, -0.2) is 125 Å². The Morgan fingerprint density at radius 2 is 1.46 bits per heavy atom. The average Bonchev–Trinajstić information content (AvgIpc) is 3.29. The quantitative estimate of drug-likeness (QED) is 0.200. The molecule has 6 aliphatic rings. The summed E-state index contributed by atoms with van der Waals surface area (Å²) in [7, 11) is 7.06. The second kappa shape index (κ2) is 11.8. The molecule has 204 valence electrons. The van der Waals surface area contributed by atoms with Gasteiger partial charge in [0, 0.05) is 54.4 Å². The summed E-state index contributed by atoms with van der Waals surface area (Å²) in [5.41, 5.74) is 0. The fourth-order valence-corrected chi connectivity index (χ4v) is 10.2. The van der Waals surface area contributed by atoms with Crippen LogP contribution in [0.1, 0.15) is 0 Å². The van der Waals surface area contributed by atoms with Crippen molar-refractivity contribution < 1.29 is 66.5 Å². The van der Waals surface area contributed by atoms with Crippen molar-refractivity contribution in [2.24, 2.45) is 5.92 Å². The van der Waals surface area contributed by atoms with Gasteiger partial charge in [-0.1, -0.05) is 11.8 Å². The number of aliphatic carboxylic acids is 2. The maximum absolute atomic E-state index is 12.2. The standard InChI is InChI=1S/C10H14N3O3S2.C9H13N4O3S.2V/c1-11-2-6-3-17-10-12(5-13(10)8(6)14)7(4-18-10)9(15)16;1-10-2-5-7(14)13-4-12-6(8(15)16)3-17-9(12,13)11-5;;/h6-7,11H,1-5H2,(H,15,16);5-6,10-11H,1-4H2,(H,15,16);;/q2*-1;;/t6?,7?,10-;5?,6?,9-;;/m01../s1. The summed E-state index contributed by atoms with van der Waals surface area (Å²) in [6, 6.07) is -1.30. The number of thioether (sulfide) groups is 3. The summed E-state index contributed by atoms with van der Waals surface area (Å²) in [4.78, 5) is 53.6. The summed E-state index contributed by atoms with van der Waals surface area (Å²) in [6.45, 7) is 1.85. The van der Waals surface area contributed by atoms with E-state index < -0.39 is 33.5 Å². The predicted octanol–water partition coefficient (Wildman–Crippen LogP) is -2.11. The number of nitrogens with zero attached hydrogens (tertiary/aromatic N) is 4. The number of rotatable bonds is 6. The zero-order valence-corrected chi connectivity index (χ0v) is 24.9. The second-order valence-corrected chi connectivity index (χ2v) is 12.7. The first-order valence-electron chi connectivity index (χ1n) is 11.0. The first-order valence-corrected chi connectivity index (χ1v) is 14.0. The molecule has 0 saturated carbocycles. The van der Waals surface area contributed by atoms with Crippen LogP contribution in [0.4, 0.5) is 0 Å². The van der Waals surface area contributed by atoms with Crippen LogP contribution >= 0.6 is 35.3 Å². The largest absolute Gasteiger partial charge is 0.480 e. The Morgan fingerprint density at radius 1 is 0.892 bits per heavy atom. The molecular weight excluding hydrogens is 620 g/mol. The third kappa shape index (κ3) is 4.78. The third-order valence-electron chi connectivity index (χ3n) is 6.99. The fraction of sp³-hybridized carbons (Fsp3) is 0.684. The zero-order chi connectivity index (χ0) is 25.1. The normalized spacial score (nSPS) is 37.5. The average molecular weight is 648 g/mol. The minimum absolute atomic E-state index is 0. The Balaban J connectivity index is 0.000000195. The number of hydrogen-bond donors (Lipinski definition) is 5. The Bertz CT molecular complexity index is 958. The number of carbonyl (C=O) groups is 4. The van der Waals surface area contributed by atoms with Crippen molar-refractivity contribution in [2.45, 2.75) is 27.6 Å². The van der Waals surface area contributed by atoms with E-state index in [0.29, 0.717) is 43.7 Å². The van der Waals surface area contributed by atoms with Gasteiger partial charge in [0.25, 0.3) is 0 Å². The summed E-state index contributed by atoms with van der Waals surface area (Å²) < 4.78 is -0.447. The molecule has 0 aromatic heterocycles. The summed E-state index contributed by atoms with van der Waals surface area (Å²) in [5, 5.41) is 26.3. The molecule has 0 bridgehead atoms. The monoisotopic (exact) mass is 647 g/mol. The van der Waals surface area contributed by atoms with Crippen LogP contribution in [0.25, 0.3) is 0 Å². The molecule has 2 amide bonds. The van der Waals surface area contributed by atoms with Crippen molar-refractivity contribution in [3.63, 3.8) is 0 Å². The second-order valence-electron chi connectivity index (χ2n) is 8.85. The minimum Gasteiger partial charge on any atom is -0.480 e. The van der Waals surface area contributed by atoms with Crippen molar-refractivity contribution >= 4 is 59.0 Å². The number of amides is 2. The molecule has 4 unspecified atom stereocenters. The molecule has 6 fully saturated rings. The molecule has 6 atom stereocenters. The molecule has 6 aliphatic heterocycles. The first kappa shape index (κ1) is 31.4. The van der Waals surface area contributed by atoms with Crippen LogP contribution in [0.15, 0.2) is 0 Å². The number of hydrogen-bond acceptors (Lipinski definition) is 12. The van der Waals surface area contributed by atoms with E-state index in [1.54, 1.807) is 33.3 Å². The fourth-order valence-electron chi connectivity index (χ4n) is 5.14. The molecular formula is C19H27N7O6S3V2-2. The van der Waals surface area contributed by atoms with Gasteiger partial charge < -0.3 is 20.8 Å². The van der Waals surface area contributed by atoms with E-state index in [0.717, 1.165) is 0 Å². The van der Waals surface area contributed by atoms with E-state index in [2.05, 4.69) is 30.0 Å². The number of carboxylic acids is 2. The maximum Gasteiger partial charge on any atom is 0.321 e. The van der Waals surface area contributed by atoms with Gasteiger partial charge >= 0.3 is 11.9 Å². The Hall–Kier alpha value is -0.101. The molecule has 0 aromatic carbocycles. The van der Waals surface area contributed by atoms with Crippen LogP contribution in [0.3, 0.4) is 0 Å². The maximum atomic E-state index is 12.2. The van der Waals surface area contributed by atoms with Gasteiger partial charge in [0.05, 0.1) is 19.3 Å². The molecule has 13 nitrogen and oxygen atoms in total. The van der Waals surface area contributed by atoms with Crippen molar-refractivity contribution in [1.29, 1.82) is 0 Å². The molecule has 18 heteroatoms. The molecule has 5 N–H and O–H groups in total.